The zero-order chi connectivity index (χ0) is 6.81. The molecule has 0 aliphatic carbocycles. The summed E-state index contributed by atoms with van der Waals surface area (Å²) in [4.78, 5) is 0. The second-order valence-electron chi connectivity index (χ2n) is 1.59. The van der Waals surface area contributed by atoms with Crippen LogP contribution in [-0.2, 0) is 0 Å². The molecule has 2 rings (SSSR count). The molecule has 1 aliphatic rings. The summed E-state index contributed by atoms with van der Waals surface area (Å²) in [6.07, 6.45) is 0. The van der Waals surface area contributed by atoms with Crippen molar-refractivity contribution in [3.05, 3.63) is 5.51 Å². The van der Waals surface area contributed by atoms with Crippen molar-refractivity contribution in [3.63, 3.8) is 0 Å². The van der Waals surface area contributed by atoms with Gasteiger partial charge in [-0.15, -0.1) is 21.1 Å². The Hall–Kier alpha value is -0.750. The van der Waals surface area contributed by atoms with Gasteiger partial charge in [-0.1, -0.05) is 11.3 Å². The normalized spacial score (nSPS) is 18.6. The number of nitrogens with zero attached hydrogens (tertiary/aromatic N) is 4. The Morgan fingerprint density at radius 3 is 2.70 bits per heavy atom. The molecule has 6 heteroatoms. The Balaban J connectivity index is 2.29. The molecule has 0 unspecified atom stereocenters. The molecule has 0 saturated heterocycles. The highest BCUT2D eigenvalue weighted by atomic mass is 32.2. The highest BCUT2D eigenvalue weighted by molar-refractivity contribution is 8.39. The van der Waals surface area contributed by atoms with Crippen LogP contribution in [0.25, 0.3) is 0 Å². The number of rotatable bonds is 1. The third-order valence-corrected chi connectivity index (χ3v) is 3.66. The fourth-order valence-electron chi connectivity index (χ4n) is 0.579. The van der Waals surface area contributed by atoms with E-state index in [0.29, 0.717) is 0 Å². The van der Waals surface area contributed by atoms with Crippen molar-refractivity contribution in [1.82, 2.24) is 10.2 Å². The fraction of sp³-hybridized carbons (Fsp3) is 0. The Bertz CT molecular complexity index is 253. The highest BCUT2D eigenvalue weighted by Gasteiger charge is 2.07. The van der Waals surface area contributed by atoms with E-state index in [1.54, 1.807) is 16.8 Å². The minimum Gasteiger partial charge on any atom is -0.153 e. The number of hydrogen-bond donors (Lipinski definition) is 1. The molecule has 0 N–H and O–H groups in total. The highest BCUT2D eigenvalue weighted by Crippen LogP contribution is 2.33. The van der Waals surface area contributed by atoms with E-state index in [9.17, 15) is 0 Å². The first-order chi connectivity index (χ1) is 4.97. The SMILES string of the molecule is C1=NN=C[SH]1c1nncs1. The smallest absolute Gasteiger partial charge is 0.153 e. The summed E-state index contributed by atoms with van der Waals surface area (Å²) >= 11 is 1.54. The lowest BCUT2D eigenvalue weighted by Crippen LogP contribution is -1.79. The van der Waals surface area contributed by atoms with Crippen LogP contribution in [0.3, 0.4) is 0 Å². The Morgan fingerprint density at radius 1 is 1.30 bits per heavy atom. The molecule has 0 radical (unpaired) electrons. The van der Waals surface area contributed by atoms with Crippen molar-refractivity contribution in [2.24, 2.45) is 10.2 Å². The van der Waals surface area contributed by atoms with E-state index in [0.717, 1.165) is 4.34 Å². The van der Waals surface area contributed by atoms with Gasteiger partial charge in [-0.05, 0) is 0 Å². The largest absolute Gasteiger partial charge is 0.164 e. The van der Waals surface area contributed by atoms with E-state index in [-0.39, 0.29) is 0 Å². The van der Waals surface area contributed by atoms with Crippen molar-refractivity contribution >= 4 is 33.3 Å². The topological polar surface area (TPSA) is 50.5 Å². The number of aromatic nitrogens is 2. The summed E-state index contributed by atoms with van der Waals surface area (Å²) < 4.78 is 1.01. The lowest BCUT2D eigenvalue weighted by atomic mass is 11.6. The summed E-state index contributed by atoms with van der Waals surface area (Å²) in [6.45, 7) is 0. The first kappa shape index (κ1) is 5.99. The standard InChI is InChI=1S/C4H4N4S2/c1-5-8-4(9-1)10-2-6-7-3-10/h1-3,10H. The lowest BCUT2D eigenvalue weighted by Gasteiger charge is -1.96. The van der Waals surface area contributed by atoms with Crippen molar-refractivity contribution in [2.75, 3.05) is 0 Å². The monoisotopic (exact) mass is 172 g/mol. The molecule has 2 heterocycles. The van der Waals surface area contributed by atoms with Crippen LogP contribution < -0.4 is 0 Å². The second-order valence-corrected chi connectivity index (χ2v) is 4.43. The Kier molecular flexibility index (Phi) is 1.48. The van der Waals surface area contributed by atoms with Gasteiger partial charge in [-0.2, -0.15) is 10.2 Å². The van der Waals surface area contributed by atoms with E-state index in [1.165, 1.54) is 0 Å². The number of thiol groups is 1. The maximum atomic E-state index is 3.91. The van der Waals surface area contributed by atoms with Gasteiger partial charge >= 0.3 is 0 Å². The molecule has 0 spiro atoms. The minimum atomic E-state index is -0.442. The summed E-state index contributed by atoms with van der Waals surface area (Å²) in [7, 11) is -0.442. The zero-order valence-electron chi connectivity index (χ0n) is 4.88. The van der Waals surface area contributed by atoms with Gasteiger partial charge in [0.05, 0.1) is 11.1 Å². The first-order valence-electron chi connectivity index (χ1n) is 2.58. The van der Waals surface area contributed by atoms with Crippen molar-refractivity contribution in [2.45, 2.75) is 4.34 Å². The van der Waals surface area contributed by atoms with Crippen LogP contribution in [0.5, 0.6) is 0 Å². The van der Waals surface area contributed by atoms with Crippen LogP contribution >= 0.6 is 22.2 Å². The predicted molar refractivity (Wildman–Crippen MR) is 44.1 cm³/mol. The van der Waals surface area contributed by atoms with Gasteiger partial charge < -0.3 is 0 Å². The molecule has 0 atom stereocenters. The second kappa shape index (κ2) is 2.47. The van der Waals surface area contributed by atoms with Gasteiger partial charge in [-0.3, -0.25) is 0 Å². The van der Waals surface area contributed by atoms with Gasteiger partial charge in [-0.25, -0.2) is 0 Å². The number of hydrogen-bond acceptors (Lipinski definition) is 5. The summed E-state index contributed by atoms with van der Waals surface area (Å²) in [5, 5.41) is 15.1. The molecule has 10 heavy (non-hydrogen) atoms. The van der Waals surface area contributed by atoms with Crippen molar-refractivity contribution in [1.29, 1.82) is 0 Å². The molecule has 0 bridgehead atoms. The van der Waals surface area contributed by atoms with Crippen LogP contribution in [0.2, 0.25) is 0 Å². The fourth-order valence-corrected chi connectivity index (χ4v) is 2.53. The van der Waals surface area contributed by atoms with Gasteiger partial charge in [0.15, 0.2) is 4.34 Å². The molecular weight excluding hydrogens is 168 g/mol. The average Bonchev–Trinajstić information content (AvgIpc) is 2.59. The molecule has 4 nitrogen and oxygen atoms in total. The van der Waals surface area contributed by atoms with E-state index >= 15 is 0 Å². The third kappa shape index (κ3) is 0.952. The van der Waals surface area contributed by atoms with Crippen LogP contribution in [0.15, 0.2) is 20.1 Å². The van der Waals surface area contributed by atoms with Crippen molar-refractivity contribution in [3.8, 4) is 0 Å². The molecule has 52 valence electrons. The summed E-state index contributed by atoms with van der Waals surface area (Å²) in [6, 6.07) is 0. The van der Waals surface area contributed by atoms with E-state index in [1.807, 2.05) is 11.1 Å². The molecule has 0 saturated carbocycles. The molecule has 0 amide bonds. The van der Waals surface area contributed by atoms with Crippen LogP contribution in [0, 0.1) is 0 Å². The van der Waals surface area contributed by atoms with Crippen molar-refractivity contribution < 1.29 is 0 Å². The molecule has 1 aromatic heterocycles. The van der Waals surface area contributed by atoms with Gasteiger partial charge in [0.2, 0.25) is 0 Å². The lowest BCUT2D eigenvalue weighted by molar-refractivity contribution is 1.01. The van der Waals surface area contributed by atoms with Gasteiger partial charge in [0, 0.05) is 0 Å². The van der Waals surface area contributed by atoms with E-state index < -0.39 is 10.9 Å². The van der Waals surface area contributed by atoms with Crippen LogP contribution in [0.4, 0.5) is 0 Å². The van der Waals surface area contributed by atoms with Crippen LogP contribution in [0.1, 0.15) is 0 Å². The van der Waals surface area contributed by atoms with Gasteiger partial charge in [0.25, 0.3) is 0 Å². The van der Waals surface area contributed by atoms with Crippen LogP contribution in [-0.4, -0.2) is 21.3 Å². The van der Waals surface area contributed by atoms with E-state index in [2.05, 4.69) is 20.4 Å². The Labute approximate surface area is 64.1 Å². The Morgan fingerprint density at radius 2 is 2.10 bits per heavy atom. The molecule has 1 aliphatic heterocycles. The molecule has 1 aromatic rings. The molecule has 0 aromatic carbocycles. The zero-order valence-corrected chi connectivity index (χ0v) is 6.59. The minimum absolute atomic E-state index is 0.442. The third-order valence-electron chi connectivity index (χ3n) is 0.988. The maximum Gasteiger partial charge on any atom is 0.164 e. The van der Waals surface area contributed by atoms with E-state index in [4.69, 9.17) is 0 Å². The quantitative estimate of drug-likeness (QED) is 0.639. The molecule has 0 fully saturated rings. The van der Waals surface area contributed by atoms with Gasteiger partial charge in [0.1, 0.15) is 5.51 Å². The summed E-state index contributed by atoms with van der Waals surface area (Å²) in [5.41, 5.74) is 5.35. The average molecular weight is 172 g/mol. The molecular formula is C4H4N4S2. The summed E-state index contributed by atoms with van der Waals surface area (Å²) in [5.74, 6) is 0. The first-order valence-corrected chi connectivity index (χ1v) is 4.94. The predicted octanol–water partition coefficient (Wildman–Crippen LogP) is 0.883. The maximum absolute atomic E-state index is 3.91.